The molecule has 0 aliphatic heterocycles. The molecule has 37 heavy (non-hydrogen) atoms. The fraction of sp³-hybridized carbons (Fsp3) is 0.172. The van der Waals surface area contributed by atoms with Gasteiger partial charge >= 0.3 is 5.97 Å². The minimum absolute atomic E-state index is 0.0809. The van der Waals surface area contributed by atoms with Gasteiger partial charge in [0, 0.05) is 10.6 Å². The van der Waals surface area contributed by atoms with Gasteiger partial charge in [-0.2, -0.15) is 5.10 Å². The van der Waals surface area contributed by atoms with Gasteiger partial charge < -0.3 is 4.74 Å². The summed E-state index contributed by atoms with van der Waals surface area (Å²) in [4.78, 5) is 32.0. The molecule has 3 aromatic carbocycles. The molecule has 0 unspecified atom stereocenters. The average molecular weight is 513 g/mol. The predicted molar refractivity (Wildman–Crippen MR) is 145 cm³/mol. The van der Waals surface area contributed by atoms with E-state index >= 15 is 0 Å². The van der Waals surface area contributed by atoms with Crippen LogP contribution in [0.3, 0.4) is 0 Å². The third-order valence-electron chi connectivity index (χ3n) is 6.09. The third kappa shape index (κ3) is 4.54. The molecular formula is C29H25ClN4O3. The van der Waals surface area contributed by atoms with Gasteiger partial charge in [0.1, 0.15) is 11.2 Å². The SMILES string of the molecule is CCOC(=O)c1nn(-c2ccccc2)c2nc(-c3ccc(C(C)C)cc3)n(-c3ccc(Cl)cc3)c(=O)c12. The molecule has 186 valence electrons. The molecule has 0 spiro atoms. The van der Waals surface area contributed by atoms with Crippen molar-refractivity contribution in [1.82, 2.24) is 19.3 Å². The maximum absolute atomic E-state index is 14.2. The second-order valence-electron chi connectivity index (χ2n) is 8.84. The summed E-state index contributed by atoms with van der Waals surface area (Å²) in [6.45, 7) is 6.10. The van der Waals surface area contributed by atoms with E-state index in [1.165, 1.54) is 14.8 Å². The predicted octanol–water partition coefficient (Wildman–Crippen LogP) is 6.19. The number of halogens is 1. The lowest BCUT2D eigenvalue weighted by Crippen LogP contribution is -2.23. The van der Waals surface area contributed by atoms with Crippen LogP contribution in [-0.2, 0) is 4.74 Å². The van der Waals surface area contributed by atoms with Gasteiger partial charge in [-0.15, -0.1) is 0 Å². The highest BCUT2D eigenvalue weighted by Gasteiger charge is 2.27. The molecule has 0 fully saturated rings. The molecule has 0 N–H and O–H groups in total. The molecule has 0 saturated carbocycles. The maximum Gasteiger partial charge on any atom is 0.359 e. The Morgan fingerprint density at radius 3 is 2.24 bits per heavy atom. The zero-order valence-corrected chi connectivity index (χ0v) is 21.4. The van der Waals surface area contributed by atoms with Crippen LogP contribution in [0.1, 0.15) is 42.7 Å². The summed E-state index contributed by atoms with van der Waals surface area (Å²) in [5.74, 6) is 0.0926. The van der Waals surface area contributed by atoms with Gasteiger partial charge in [0.15, 0.2) is 11.3 Å². The third-order valence-corrected chi connectivity index (χ3v) is 6.34. The van der Waals surface area contributed by atoms with Crippen LogP contribution < -0.4 is 5.56 Å². The first-order valence-electron chi connectivity index (χ1n) is 12.0. The number of carbonyl (C=O) groups excluding carboxylic acids is 1. The number of aromatic nitrogens is 4. The summed E-state index contributed by atoms with van der Waals surface area (Å²) in [5, 5.41) is 5.13. The Labute approximate surface area is 218 Å². The molecule has 0 bridgehead atoms. The molecule has 0 amide bonds. The monoisotopic (exact) mass is 512 g/mol. The maximum atomic E-state index is 14.2. The van der Waals surface area contributed by atoms with E-state index in [1.54, 1.807) is 31.2 Å². The van der Waals surface area contributed by atoms with E-state index < -0.39 is 11.5 Å². The van der Waals surface area contributed by atoms with Crippen LogP contribution in [0.5, 0.6) is 0 Å². The van der Waals surface area contributed by atoms with Crippen LogP contribution in [0.15, 0.2) is 83.7 Å². The van der Waals surface area contributed by atoms with Crippen LogP contribution >= 0.6 is 11.6 Å². The van der Waals surface area contributed by atoms with Crippen molar-refractivity contribution >= 4 is 28.6 Å². The molecule has 5 rings (SSSR count). The van der Waals surface area contributed by atoms with Crippen LogP contribution in [0.25, 0.3) is 33.8 Å². The number of rotatable bonds is 6. The molecule has 2 aromatic heterocycles. The highest BCUT2D eigenvalue weighted by Crippen LogP contribution is 2.27. The Morgan fingerprint density at radius 1 is 0.946 bits per heavy atom. The lowest BCUT2D eigenvalue weighted by Gasteiger charge is -2.14. The number of benzene rings is 3. The highest BCUT2D eigenvalue weighted by molar-refractivity contribution is 6.30. The standard InChI is InChI=1S/C29H25ClN4O3/c1-4-37-29(36)25-24-27(34(32-25)23-8-6-5-7-9-23)31-26(20-12-10-19(11-13-20)18(2)3)33(28(24)35)22-16-14-21(30)15-17-22/h5-18H,4H2,1-3H3. The van der Waals surface area contributed by atoms with Crippen molar-refractivity contribution < 1.29 is 9.53 Å². The van der Waals surface area contributed by atoms with Crippen molar-refractivity contribution in [2.45, 2.75) is 26.7 Å². The topological polar surface area (TPSA) is 79.0 Å². The van der Waals surface area contributed by atoms with Gasteiger partial charge in [-0.1, -0.05) is 67.9 Å². The lowest BCUT2D eigenvalue weighted by atomic mass is 10.0. The molecule has 0 aliphatic carbocycles. The van der Waals surface area contributed by atoms with E-state index in [1.807, 2.05) is 54.6 Å². The number of nitrogens with zero attached hydrogens (tertiary/aromatic N) is 4. The van der Waals surface area contributed by atoms with E-state index in [2.05, 4.69) is 18.9 Å². The summed E-state index contributed by atoms with van der Waals surface area (Å²) in [5.41, 5.74) is 2.91. The quantitative estimate of drug-likeness (QED) is 0.253. The van der Waals surface area contributed by atoms with Gasteiger partial charge in [-0.3, -0.25) is 9.36 Å². The summed E-state index contributed by atoms with van der Waals surface area (Å²) >= 11 is 6.13. The fourth-order valence-corrected chi connectivity index (χ4v) is 4.33. The summed E-state index contributed by atoms with van der Waals surface area (Å²) in [7, 11) is 0. The molecule has 0 aliphatic rings. The van der Waals surface area contributed by atoms with Crippen molar-refractivity contribution in [2.75, 3.05) is 6.61 Å². The van der Waals surface area contributed by atoms with Crippen molar-refractivity contribution in [3.8, 4) is 22.8 Å². The molecule has 7 nitrogen and oxygen atoms in total. The molecule has 0 atom stereocenters. The molecular weight excluding hydrogens is 488 g/mol. The Kier molecular flexibility index (Phi) is 6.63. The minimum atomic E-state index is -0.683. The van der Waals surface area contributed by atoms with Gasteiger partial charge in [-0.05, 0) is 54.8 Å². The minimum Gasteiger partial charge on any atom is -0.461 e. The van der Waals surface area contributed by atoms with Crippen molar-refractivity contribution in [3.63, 3.8) is 0 Å². The second-order valence-corrected chi connectivity index (χ2v) is 9.28. The van der Waals surface area contributed by atoms with E-state index in [4.69, 9.17) is 21.3 Å². The first-order chi connectivity index (χ1) is 17.9. The smallest absolute Gasteiger partial charge is 0.359 e. The Morgan fingerprint density at radius 2 is 1.62 bits per heavy atom. The molecule has 8 heteroatoms. The van der Waals surface area contributed by atoms with E-state index in [0.29, 0.717) is 28.1 Å². The number of ether oxygens (including phenoxy) is 1. The van der Waals surface area contributed by atoms with Crippen LogP contribution in [-0.4, -0.2) is 31.9 Å². The van der Waals surface area contributed by atoms with Gasteiger partial charge in [0.25, 0.3) is 5.56 Å². The number of esters is 1. The van der Waals surface area contributed by atoms with Gasteiger partial charge in [0.05, 0.1) is 18.0 Å². The van der Waals surface area contributed by atoms with E-state index in [-0.39, 0.29) is 23.3 Å². The summed E-state index contributed by atoms with van der Waals surface area (Å²) < 4.78 is 8.25. The zero-order chi connectivity index (χ0) is 26.1. The Balaban J connectivity index is 1.88. The number of fused-ring (bicyclic) bond motifs is 1. The lowest BCUT2D eigenvalue weighted by molar-refractivity contribution is 0.0521. The summed E-state index contributed by atoms with van der Waals surface area (Å²) in [6.07, 6.45) is 0. The van der Waals surface area contributed by atoms with Gasteiger partial charge in [0.2, 0.25) is 0 Å². The number of carbonyl (C=O) groups is 1. The number of hydrogen-bond donors (Lipinski definition) is 0. The first-order valence-corrected chi connectivity index (χ1v) is 12.4. The van der Waals surface area contributed by atoms with E-state index in [0.717, 1.165) is 5.56 Å². The Bertz CT molecular complexity index is 1640. The largest absolute Gasteiger partial charge is 0.461 e. The molecule has 2 heterocycles. The molecule has 0 saturated heterocycles. The van der Waals surface area contributed by atoms with Crippen LogP contribution in [0.4, 0.5) is 0 Å². The zero-order valence-electron chi connectivity index (χ0n) is 20.7. The first kappa shape index (κ1) is 24.5. The van der Waals surface area contributed by atoms with Gasteiger partial charge in [-0.25, -0.2) is 14.5 Å². The fourth-order valence-electron chi connectivity index (χ4n) is 4.20. The van der Waals surface area contributed by atoms with Crippen LogP contribution in [0, 0.1) is 0 Å². The summed E-state index contributed by atoms with van der Waals surface area (Å²) in [6, 6.07) is 24.1. The second kappa shape index (κ2) is 10.0. The molecule has 0 radical (unpaired) electrons. The van der Waals surface area contributed by atoms with Crippen LogP contribution in [0.2, 0.25) is 5.02 Å². The molecule has 5 aromatic rings. The normalized spacial score (nSPS) is 11.3. The highest BCUT2D eigenvalue weighted by atomic mass is 35.5. The van der Waals surface area contributed by atoms with Crippen molar-refractivity contribution in [1.29, 1.82) is 0 Å². The average Bonchev–Trinajstić information content (AvgIpc) is 3.30. The number of para-hydroxylation sites is 1. The Hall–Kier alpha value is -4.23. The van der Waals surface area contributed by atoms with Crippen molar-refractivity contribution in [3.05, 3.63) is 105 Å². The number of hydrogen-bond acceptors (Lipinski definition) is 5. The van der Waals surface area contributed by atoms with E-state index in [9.17, 15) is 9.59 Å². The van der Waals surface area contributed by atoms with Crippen molar-refractivity contribution in [2.24, 2.45) is 0 Å².